The van der Waals surface area contributed by atoms with Crippen LogP contribution in [0.25, 0.3) is 0 Å². The fourth-order valence-electron chi connectivity index (χ4n) is 1.74. The quantitative estimate of drug-likeness (QED) is 0.867. The van der Waals surface area contributed by atoms with E-state index in [1.807, 2.05) is 6.92 Å². The van der Waals surface area contributed by atoms with Crippen LogP contribution in [0.5, 0.6) is 11.5 Å². The zero-order valence-electron chi connectivity index (χ0n) is 11.4. The lowest BCUT2D eigenvalue weighted by molar-refractivity contribution is -0.138. The fourth-order valence-corrected chi connectivity index (χ4v) is 1.74. The number of ether oxygens (including phenoxy) is 1. The number of benzene rings is 1. The van der Waals surface area contributed by atoms with Crippen LogP contribution in [0.15, 0.2) is 42.6 Å². The van der Waals surface area contributed by atoms with Crippen LogP contribution in [0.2, 0.25) is 0 Å². The third-order valence-electron chi connectivity index (χ3n) is 2.71. The Morgan fingerprint density at radius 3 is 2.67 bits per heavy atom. The second kappa shape index (κ2) is 6.47. The largest absolute Gasteiger partial charge is 0.457 e. The molecule has 2 rings (SSSR count). The normalized spacial score (nSPS) is 11.2. The van der Waals surface area contributed by atoms with Crippen molar-refractivity contribution in [3.8, 4) is 11.5 Å². The third kappa shape index (κ3) is 4.11. The topological polar surface area (TPSA) is 34.1 Å². The molecule has 0 atom stereocenters. The van der Waals surface area contributed by atoms with Crippen molar-refractivity contribution in [1.82, 2.24) is 4.98 Å². The number of alkyl halides is 3. The molecule has 21 heavy (non-hydrogen) atoms. The first-order valence-corrected chi connectivity index (χ1v) is 6.54. The number of pyridine rings is 1. The minimum absolute atomic E-state index is 0.224. The van der Waals surface area contributed by atoms with Gasteiger partial charge in [-0.2, -0.15) is 13.2 Å². The molecular weight excluding hydrogens is 281 g/mol. The molecule has 0 saturated heterocycles. The number of nitrogens with zero attached hydrogens (tertiary/aromatic N) is 1. The van der Waals surface area contributed by atoms with Gasteiger partial charge in [-0.3, -0.25) is 0 Å². The smallest absolute Gasteiger partial charge is 0.419 e. The summed E-state index contributed by atoms with van der Waals surface area (Å²) >= 11 is 0. The van der Waals surface area contributed by atoms with Gasteiger partial charge < -0.3 is 10.1 Å². The molecule has 1 N–H and O–H groups in total. The van der Waals surface area contributed by atoms with Gasteiger partial charge in [0.15, 0.2) is 0 Å². The van der Waals surface area contributed by atoms with Crippen LogP contribution >= 0.6 is 0 Å². The van der Waals surface area contributed by atoms with Gasteiger partial charge in [-0.25, -0.2) is 4.98 Å². The maximum absolute atomic E-state index is 12.9. The lowest BCUT2D eigenvalue weighted by Gasteiger charge is -2.14. The molecule has 0 aliphatic rings. The van der Waals surface area contributed by atoms with Crippen molar-refractivity contribution in [2.75, 3.05) is 11.9 Å². The van der Waals surface area contributed by atoms with E-state index in [0.29, 0.717) is 11.6 Å². The van der Waals surface area contributed by atoms with E-state index in [2.05, 4.69) is 10.3 Å². The number of halogens is 3. The Labute approximate surface area is 120 Å². The Bertz CT molecular complexity index is 599. The second-order valence-corrected chi connectivity index (χ2v) is 4.40. The van der Waals surface area contributed by atoms with Crippen molar-refractivity contribution >= 4 is 5.82 Å². The molecule has 112 valence electrons. The minimum Gasteiger partial charge on any atom is -0.457 e. The van der Waals surface area contributed by atoms with Gasteiger partial charge in [-0.15, -0.1) is 0 Å². The van der Waals surface area contributed by atoms with Crippen LogP contribution in [-0.4, -0.2) is 11.5 Å². The van der Waals surface area contributed by atoms with Crippen LogP contribution in [0, 0.1) is 0 Å². The maximum Gasteiger partial charge on any atom is 0.419 e. The Kier molecular flexibility index (Phi) is 4.67. The van der Waals surface area contributed by atoms with Crippen molar-refractivity contribution in [3.63, 3.8) is 0 Å². The van der Waals surface area contributed by atoms with Gasteiger partial charge in [0.25, 0.3) is 0 Å². The molecule has 0 aliphatic carbocycles. The van der Waals surface area contributed by atoms with Crippen molar-refractivity contribution in [2.24, 2.45) is 0 Å². The van der Waals surface area contributed by atoms with E-state index in [-0.39, 0.29) is 5.75 Å². The summed E-state index contributed by atoms with van der Waals surface area (Å²) < 4.78 is 44.0. The minimum atomic E-state index is -4.45. The summed E-state index contributed by atoms with van der Waals surface area (Å²) in [4.78, 5) is 4.08. The highest BCUT2D eigenvalue weighted by molar-refractivity contribution is 5.44. The molecular formula is C15H15F3N2O. The number of anilines is 1. The first-order valence-electron chi connectivity index (χ1n) is 6.54. The van der Waals surface area contributed by atoms with E-state index >= 15 is 0 Å². The molecule has 3 nitrogen and oxygen atoms in total. The number of aromatic nitrogens is 1. The van der Waals surface area contributed by atoms with Gasteiger partial charge >= 0.3 is 6.18 Å². The van der Waals surface area contributed by atoms with Crippen molar-refractivity contribution < 1.29 is 17.9 Å². The van der Waals surface area contributed by atoms with Gasteiger partial charge in [0.05, 0.1) is 5.56 Å². The highest BCUT2D eigenvalue weighted by Crippen LogP contribution is 2.37. The van der Waals surface area contributed by atoms with Crippen LogP contribution in [0.4, 0.5) is 19.0 Å². The second-order valence-electron chi connectivity index (χ2n) is 4.40. The van der Waals surface area contributed by atoms with Crippen LogP contribution < -0.4 is 10.1 Å². The van der Waals surface area contributed by atoms with E-state index in [0.717, 1.165) is 19.0 Å². The molecule has 1 aromatic heterocycles. The Balaban J connectivity index is 2.23. The molecule has 0 unspecified atom stereocenters. The molecule has 0 bridgehead atoms. The number of rotatable bonds is 5. The first-order chi connectivity index (χ1) is 10.0. The maximum atomic E-state index is 12.9. The Morgan fingerprint density at radius 2 is 1.95 bits per heavy atom. The molecule has 0 fully saturated rings. The monoisotopic (exact) mass is 296 g/mol. The van der Waals surface area contributed by atoms with E-state index in [9.17, 15) is 13.2 Å². The van der Waals surface area contributed by atoms with E-state index in [4.69, 9.17) is 4.74 Å². The van der Waals surface area contributed by atoms with Crippen molar-refractivity contribution in [3.05, 3.63) is 48.2 Å². The Hall–Kier alpha value is -2.24. The van der Waals surface area contributed by atoms with Crippen molar-refractivity contribution in [1.29, 1.82) is 0 Å². The summed E-state index contributed by atoms with van der Waals surface area (Å²) in [7, 11) is 0. The SMILES string of the molecule is CCCNc1cc(Oc2ccccc2C(F)(F)F)ccn1. The highest BCUT2D eigenvalue weighted by atomic mass is 19.4. The van der Waals surface area contributed by atoms with Crippen LogP contribution in [0.1, 0.15) is 18.9 Å². The standard InChI is InChI=1S/C15H15F3N2O/c1-2-8-19-14-10-11(7-9-20-14)21-13-6-4-3-5-12(13)15(16,17)18/h3-7,9-10H,2,8H2,1H3,(H,19,20). The first kappa shape index (κ1) is 15.2. The molecule has 0 aliphatic heterocycles. The summed E-state index contributed by atoms with van der Waals surface area (Å²) in [6.45, 7) is 2.74. The van der Waals surface area contributed by atoms with Gasteiger partial charge in [-0.05, 0) is 24.6 Å². The zero-order chi connectivity index (χ0) is 15.3. The Morgan fingerprint density at radius 1 is 1.19 bits per heavy atom. The number of hydrogen-bond acceptors (Lipinski definition) is 3. The fraction of sp³-hybridized carbons (Fsp3) is 0.267. The average molecular weight is 296 g/mol. The summed E-state index contributed by atoms with van der Waals surface area (Å²) in [5.41, 5.74) is -0.801. The molecule has 1 aromatic carbocycles. The summed E-state index contributed by atoms with van der Waals surface area (Å²) in [6, 6.07) is 8.21. The van der Waals surface area contributed by atoms with Gasteiger partial charge in [-0.1, -0.05) is 19.1 Å². The number of hydrogen-bond donors (Lipinski definition) is 1. The van der Waals surface area contributed by atoms with Crippen molar-refractivity contribution in [2.45, 2.75) is 19.5 Å². The highest BCUT2D eigenvalue weighted by Gasteiger charge is 2.34. The summed E-state index contributed by atoms with van der Waals surface area (Å²) in [5, 5.41) is 3.05. The lowest BCUT2D eigenvalue weighted by atomic mass is 10.2. The molecule has 0 saturated carbocycles. The molecule has 1 heterocycles. The van der Waals surface area contributed by atoms with Gasteiger partial charge in [0.1, 0.15) is 17.3 Å². The predicted molar refractivity (Wildman–Crippen MR) is 74.5 cm³/mol. The molecule has 0 radical (unpaired) electrons. The molecule has 0 amide bonds. The summed E-state index contributed by atoms with van der Waals surface area (Å²) in [5.74, 6) is 0.650. The van der Waals surface area contributed by atoms with Crippen LogP contribution in [-0.2, 0) is 6.18 Å². The third-order valence-corrected chi connectivity index (χ3v) is 2.71. The van der Waals surface area contributed by atoms with E-state index in [1.165, 1.54) is 30.5 Å². The van der Waals surface area contributed by atoms with E-state index in [1.54, 1.807) is 6.07 Å². The van der Waals surface area contributed by atoms with Gasteiger partial charge in [0.2, 0.25) is 0 Å². The number of para-hydroxylation sites is 1. The zero-order valence-corrected chi connectivity index (χ0v) is 11.4. The molecule has 0 spiro atoms. The lowest BCUT2D eigenvalue weighted by Crippen LogP contribution is -2.07. The predicted octanol–water partition coefficient (Wildman–Crippen LogP) is 4.71. The average Bonchev–Trinajstić information content (AvgIpc) is 2.45. The molecule has 6 heteroatoms. The number of nitrogens with one attached hydrogen (secondary N) is 1. The molecule has 2 aromatic rings. The van der Waals surface area contributed by atoms with E-state index < -0.39 is 11.7 Å². The van der Waals surface area contributed by atoms with Crippen LogP contribution in [0.3, 0.4) is 0 Å². The summed E-state index contributed by atoms with van der Waals surface area (Å²) in [6.07, 6.45) is -2.04. The van der Waals surface area contributed by atoms with Gasteiger partial charge in [0, 0.05) is 18.8 Å².